The number of carbonyl (C=O) groups excluding carboxylic acids is 1. The Morgan fingerprint density at radius 1 is 1.41 bits per heavy atom. The van der Waals surface area contributed by atoms with E-state index in [1.807, 2.05) is 6.07 Å². The van der Waals surface area contributed by atoms with Crippen molar-refractivity contribution >= 4 is 11.7 Å². The lowest BCUT2D eigenvalue weighted by Gasteiger charge is -2.29. The quantitative estimate of drug-likeness (QED) is 0.805. The summed E-state index contributed by atoms with van der Waals surface area (Å²) in [6.45, 7) is 0.563. The van der Waals surface area contributed by atoms with Crippen LogP contribution in [0.1, 0.15) is 18.4 Å². The number of nitrogens with one attached hydrogen (secondary N) is 1. The fourth-order valence-electron chi connectivity index (χ4n) is 2.31. The van der Waals surface area contributed by atoms with E-state index in [0.29, 0.717) is 25.5 Å². The van der Waals surface area contributed by atoms with Gasteiger partial charge in [0.2, 0.25) is 0 Å². The minimum atomic E-state index is -4.83. The number of benzene rings is 1. The molecular formula is C14H13F4N3O. The predicted octanol–water partition coefficient (Wildman–Crippen LogP) is 3.61. The molecule has 8 heteroatoms. The zero-order valence-corrected chi connectivity index (χ0v) is 11.5. The van der Waals surface area contributed by atoms with Crippen LogP contribution in [0.5, 0.6) is 0 Å². The number of hydrogen-bond donors (Lipinski definition) is 1. The Balaban J connectivity index is 2.14. The molecule has 118 valence electrons. The molecule has 0 radical (unpaired) electrons. The van der Waals surface area contributed by atoms with Gasteiger partial charge in [0, 0.05) is 13.1 Å². The molecule has 0 unspecified atom stereocenters. The Bertz CT molecular complexity index is 609. The fourth-order valence-corrected chi connectivity index (χ4v) is 2.31. The minimum absolute atomic E-state index is 0.183. The predicted molar refractivity (Wildman–Crippen MR) is 70.3 cm³/mol. The van der Waals surface area contributed by atoms with E-state index in [1.165, 1.54) is 4.90 Å². The molecule has 2 rings (SSSR count). The van der Waals surface area contributed by atoms with Gasteiger partial charge in [-0.15, -0.1) is 0 Å². The highest BCUT2D eigenvalue weighted by Crippen LogP contribution is 2.34. The number of likely N-dealkylation sites (tertiary alicyclic amines) is 1. The molecule has 22 heavy (non-hydrogen) atoms. The van der Waals surface area contributed by atoms with Gasteiger partial charge in [0.15, 0.2) is 5.82 Å². The number of alkyl halides is 3. The third-order valence-corrected chi connectivity index (χ3v) is 3.44. The molecular weight excluding hydrogens is 302 g/mol. The van der Waals surface area contributed by atoms with Crippen LogP contribution >= 0.6 is 0 Å². The molecule has 1 saturated heterocycles. The van der Waals surface area contributed by atoms with Crippen LogP contribution in [-0.4, -0.2) is 24.0 Å². The second kappa shape index (κ2) is 6.22. The summed E-state index contributed by atoms with van der Waals surface area (Å²) >= 11 is 0. The van der Waals surface area contributed by atoms with Crippen molar-refractivity contribution in [1.82, 2.24) is 4.90 Å². The number of piperidine rings is 1. The Labute approximate surface area is 124 Å². The SMILES string of the molecule is N#C[C@H]1CCCN(C(=O)Nc2cccc(C(F)(F)F)c2F)C1. The van der Waals surface area contributed by atoms with E-state index < -0.39 is 29.3 Å². The van der Waals surface area contributed by atoms with Crippen molar-refractivity contribution in [2.24, 2.45) is 5.92 Å². The summed E-state index contributed by atoms with van der Waals surface area (Å²) in [7, 11) is 0. The number of nitrogens with zero attached hydrogens (tertiary/aromatic N) is 2. The highest BCUT2D eigenvalue weighted by molar-refractivity contribution is 5.89. The van der Waals surface area contributed by atoms with E-state index in [9.17, 15) is 22.4 Å². The molecule has 4 nitrogen and oxygen atoms in total. The standard InChI is InChI=1S/C14H13F4N3O/c15-12-10(14(16,17)18)4-1-5-11(12)20-13(22)21-6-2-3-9(7-19)8-21/h1,4-5,9H,2-3,6,8H2,(H,20,22)/t9-/m1/s1. The average Bonchev–Trinajstić information content (AvgIpc) is 2.48. The maximum atomic E-state index is 13.8. The summed E-state index contributed by atoms with van der Waals surface area (Å²) in [4.78, 5) is 13.3. The number of hydrogen-bond acceptors (Lipinski definition) is 2. The van der Waals surface area contributed by atoms with Crippen LogP contribution in [0.25, 0.3) is 0 Å². The highest BCUT2D eigenvalue weighted by Gasteiger charge is 2.35. The van der Waals surface area contributed by atoms with Crippen molar-refractivity contribution in [3.8, 4) is 6.07 Å². The molecule has 1 aromatic rings. The van der Waals surface area contributed by atoms with Gasteiger partial charge in [-0.25, -0.2) is 9.18 Å². The van der Waals surface area contributed by atoms with Gasteiger partial charge in [-0.3, -0.25) is 0 Å². The summed E-state index contributed by atoms with van der Waals surface area (Å²) in [6, 6.07) is 4.03. The zero-order chi connectivity index (χ0) is 16.3. The van der Waals surface area contributed by atoms with Crippen molar-refractivity contribution in [2.45, 2.75) is 19.0 Å². The Morgan fingerprint density at radius 2 is 2.14 bits per heavy atom. The summed E-state index contributed by atoms with van der Waals surface area (Å²) in [6.07, 6.45) is -3.54. The molecule has 0 spiro atoms. The Hall–Kier alpha value is -2.30. The molecule has 1 N–H and O–H groups in total. The van der Waals surface area contributed by atoms with Crippen molar-refractivity contribution in [1.29, 1.82) is 5.26 Å². The van der Waals surface area contributed by atoms with E-state index in [4.69, 9.17) is 5.26 Å². The molecule has 1 heterocycles. The zero-order valence-electron chi connectivity index (χ0n) is 11.5. The summed E-state index contributed by atoms with van der Waals surface area (Å²) in [5, 5.41) is 11.0. The lowest BCUT2D eigenvalue weighted by atomic mass is 10.0. The van der Waals surface area contributed by atoms with E-state index in [2.05, 4.69) is 5.32 Å². The second-order valence-electron chi connectivity index (χ2n) is 5.01. The highest BCUT2D eigenvalue weighted by atomic mass is 19.4. The number of amides is 2. The first-order valence-corrected chi connectivity index (χ1v) is 6.64. The number of urea groups is 1. The number of carbonyl (C=O) groups is 1. The van der Waals surface area contributed by atoms with Gasteiger partial charge < -0.3 is 10.2 Å². The van der Waals surface area contributed by atoms with Gasteiger partial charge in [-0.2, -0.15) is 18.4 Å². The number of rotatable bonds is 1. The van der Waals surface area contributed by atoms with Crippen LogP contribution in [0.3, 0.4) is 0 Å². The van der Waals surface area contributed by atoms with Gasteiger partial charge in [0.25, 0.3) is 0 Å². The van der Waals surface area contributed by atoms with Crippen LogP contribution in [0, 0.1) is 23.1 Å². The van der Waals surface area contributed by atoms with Crippen molar-refractivity contribution in [2.75, 3.05) is 18.4 Å². The van der Waals surface area contributed by atoms with Crippen LogP contribution < -0.4 is 5.32 Å². The minimum Gasteiger partial charge on any atom is -0.323 e. The lowest BCUT2D eigenvalue weighted by molar-refractivity contribution is -0.139. The molecule has 0 aromatic heterocycles. The molecule has 1 fully saturated rings. The van der Waals surface area contributed by atoms with Crippen LogP contribution in [0.2, 0.25) is 0 Å². The van der Waals surface area contributed by atoms with Crippen molar-refractivity contribution in [3.63, 3.8) is 0 Å². The monoisotopic (exact) mass is 315 g/mol. The van der Waals surface area contributed by atoms with Gasteiger partial charge in [-0.1, -0.05) is 6.07 Å². The molecule has 1 aliphatic heterocycles. The molecule has 2 amide bonds. The van der Waals surface area contributed by atoms with E-state index >= 15 is 0 Å². The largest absolute Gasteiger partial charge is 0.419 e. The van der Waals surface area contributed by atoms with Crippen molar-refractivity contribution in [3.05, 3.63) is 29.6 Å². The maximum Gasteiger partial charge on any atom is 0.419 e. The van der Waals surface area contributed by atoms with Crippen LogP contribution in [0.4, 0.5) is 28.0 Å². The molecule has 0 bridgehead atoms. The third-order valence-electron chi connectivity index (χ3n) is 3.44. The summed E-state index contributed by atoms with van der Waals surface area (Å²) < 4.78 is 51.7. The third kappa shape index (κ3) is 3.47. The van der Waals surface area contributed by atoms with Gasteiger partial charge in [0.1, 0.15) is 0 Å². The molecule has 1 atom stereocenters. The fraction of sp³-hybridized carbons (Fsp3) is 0.429. The molecule has 0 saturated carbocycles. The van der Waals surface area contributed by atoms with Gasteiger partial charge >= 0.3 is 12.2 Å². The van der Waals surface area contributed by atoms with Gasteiger partial charge in [-0.05, 0) is 25.0 Å². The Kier molecular flexibility index (Phi) is 4.54. The van der Waals surface area contributed by atoms with E-state index in [1.54, 1.807) is 0 Å². The summed E-state index contributed by atoms with van der Waals surface area (Å²) in [5.41, 5.74) is -1.96. The van der Waals surface area contributed by atoms with Crippen LogP contribution in [-0.2, 0) is 6.18 Å². The van der Waals surface area contributed by atoms with Crippen LogP contribution in [0.15, 0.2) is 18.2 Å². The number of anilines is 1. The first kappa shape index (κ1) is 16.1. The molecule has 1 aromatic carbocycles. The second-order valence-corrected chi connectivity index (χ2v) is 5.01. The topological polar surface area (TPSA) is 56.1 Å². The Morgan fingerprint density at radius 3 is 2.77 bits per heavy atom. The number of halogens is 4. The smallest absolute Gasteiger partial charge is 0.323 e. The van der Waals surface area contributed by atoms with E-state index in [0.717, 1.165) is 12.1 Å². The first-order valence-electron chi connectivity index (χ1n) is 6.64. The molecule has 0 aliphatic carbocycles. The van der Waals surface area contributed by atoms with Crippen molar-refractivity contribution < 1.29 is 22.4 Å². The lowest BCUT2D eigenvalue weighted by Crippen LogP contribution is -2.42. The normalized spacial score (nSPS) is 18.7. The average molecular weight is 315 g/mol. The molecule has 1 aliphatic rings. The van der Waals surface area contributed by atoms with Gasteiger partial charge in [0.05, 0.1) is 23.2 Å². The maximum absolute atomic E-state index is 13.8. The first-order chi connectivity index (χ1) is 10.3. The summed E-state index contributed by atoms with van der Waals surface area (Å²) in [5.74, 6) is -1.83. The van der Waals surface area contributed by atoms with E-state index in [-0.39, 0.29) is 12.5 Å². The number of nitriles is 1.